The molecule has 2 heterocycles. The van der Waals surface area contributed by atoms with Gasteiger partial charge in [0, 0.05) is 12.0 Å². The van der Waals surface area contributed by atoms with Crippen LogP contribution in [0.2, 0.25) is 0 Å². The molecular weight excluding hydrogens is 254 g/mol. The fraction of sp³-hybridized carbons (Fsp3) is 0.833. The standard InChI is InChI=1S/C12H21NO4S/c1-9-10(13-18(14,15)11(2,3)4)8-17-12(9)6-5-7-16-12/h10,13H,1,5-8H2,2-4H3/t10-,12-/m1/s1. The van der Waals surface area contributed by atoms with Gasteiger partial charge in [0.15, 0.2) is 5.79 Å². The van der Waals surface area contributed by atoms with E-state index in [1.807, 2.05) is 0 Å². The van der Waals surface area contributed by atoms with Gasteiger partial charge in [0.1, 0.15) is 0 Å². The Hall–Kier alpha value is -0.430. The van der Waals surface area contributed by atoms with Crippen LogP contribution in [0.15, 0.2) is 12.2 Å². The van der Waals surface area contributed by atoms with Crippen molar-refractivity contribution < 1.29 is 17.9 Å². The van der Waals surface area contributed by atoms with Crippen molar-refractivity contribution in [3.63, 3.8) is 0 Å². The highest BCUT2D eigenvalue weighted by Gasteiger charge is 2.49. The minimum absolute atomic E-state index is 0.286. The summed E-state index contributed by atoms with van der Waals surface area (Å²) >= 11 is 0. The summed E-state index contributed by atoms with van der Waals surface area (Å²) in [6.07, 6.45) is 1.66. The highest BCUT2D eigenvalue weighted by Crippen LogP contribution is 2.40. The smallest absolute Gasteiger partial charge is 0.217 e. The largest absolute Gasteiger partial charge is 0.346 e. The van der Waals surface area contributed by atoms with E-state index in [1.54, 1.807) is 20.8 Å². The number of nitrogens with one attached hydrogen (secondary N) is 1. The zero-order valence-electron chi connectivity index (χ0n) is 11.2. The molecule has 6 heteroatoms. The molecule has 0 aromatic heterocycles. The van der Waals surface area contributed by atoms with Gasteiger partial charge in [-0.3, -0.25) is 0 Å². The highest BCUT2D eigenvalue weighted by atomic mass is 32.2. The molecule has 0 saturated carbocycles. The Bertz CT molecular complexity index is 443. The van der Waals surface area contributed by atoms with Crippen molar-refractivity contribution in [2.75, 3.05) is 13.2 Å². The molecule has 2 aliphatic rings. The van der Waals surface area contributed by atoms with Crippen LogP contribution in [0.1, 0.15) is 33.6 Å². The zero-order valence-corrected chi connectivity index (χ0v) is 12.0. The summed E-state index contributed by atoms with van der Waals surface area (Å²) < 4.78 is 37.3. The maximum Gasteiger partial charge on any atom is 0.217 e. The Morgan fingerprint density at radius 3 is 2.56 bits per heavy atom. The first kappa shape index (κ1) is 14.0. The van der Waals surface area contributed by atoms with E-state index in [-0.39, 0.29) is 6.61 Å². The van der Waals surface area contributed by atoms with Gasteiger partial charge in [0.05, 0.1) is 24.0 Å². The lowest BCUT2D eigenvalue weighted by atomic mass is 10.0. The molecule has 2 atom stereocenters. The van der Waals surface area contributed by atoms with Crippen LogP contribution in [0.25, 0.3) is 0 Å². The molecule has 0 radical (unpaired) electrons. The van der Waals surface area contributed by atoms with E-state index in [0.29, 0.717) is 12.2 Å². The summed E-state index contributed by atoms with van der Waals surface area (Å²) in [5.74, 6) is -0.759. The summed E-state index contributed by atoms with van der Waals surface area (Å²) in [6, 6.07) is -0.396. The van der Waals surface area contributed by atoms with Gasteiger partial charge in [-0.1, -0.05) is 6.58 Å². The monoisotopic (exact) mass is 275 g/mol. The molecule has 0 amide bonds. The van der Waals surface area contributed by atoms with E-state index in [1.165, 1.54) is 0 Å². The van der Waals surface area contributed by atoms with Crippen molar-refractivity contribution in [2.45, 2.75) is 50.2 Å². The Balaban J connectivity index is 2.12. The molecule has 1 N–H and O–H groups in total. The van der Waals surface area contributed by atoms with Crippen LogP contribution in [0, 0.1) is 0 Å². The van der Waals surface area contributed by atoms with E-state index in [2.05, 4.69) is 11.3 Å². The summed E-state index contributed by atoms with van der Waals surface area (Å²) in [6.45, 7) is 9.87. The summed E-state index contributed by atoms with van der Waals surface area (Å²) in [7, 11) is -3.41. The Morgan fingerprint density at radius 1 is 1.39 bits per heavy atom. The van der Waals surface area contributed by atoms with Gasteiger partial charge in [0.25, 0.3) is 0 Å². The molecule has 0 aliphatic carbocycles. The van der Waals surface area contributed by atoms with Crippen molar-refractivity contribution in [3.05, 3.63) is 12.2 Å². The minimum atomic E-state index is -3.41. The molecule has 0 unspecified atom stereocenters. The normalized spacial score (nSPS) is 33.5. The van der Waals surface area contributed by atoms with Gasteiger partial charge in [-0.05, 0) is 27.2 Å². The molecule has 5 nitrogen and oxygen atoms in total. The molecule has 2 aliphatic heterocycles. The van der Waals surface area contributed by atoms with E-state index in [0.717, 1.165) is 12.8 Å². The van der Waals surface area contributed by atoms with Crippen molar-refractivity contribution >= 4 is 10.0 Å². The number of hydrogen-bond donors (Lipinski definition) is 1. The van der Waals surface area contributed by atoms with Gasteiger partial charge >= 0.3 is 0 Å². The molecule has 0 aromatic rings. The third kappa shape index (κ3) is 2.22. The molecule has 1 spiro atoms. The van der Waals surface area contributed by atoms with Crippen LogP contribution >= 0.6 is 0 Å². The maximum absolute atomic E-state index is 12.1. The quantitative estimate of drug-likeness (QED) is 0.768. The van der Waals surface area contributed by atoms with Gasteiger partial charge in [-0.25, -0.2) is 13.1 Å². The van der Waals surface area contributed by atoms with Gasteiger partial charge in [0.2, 0.25) is 10.0 Å². The summed E-state index contributed by atoms with van der Waals surface area (Å²) in [5, 5.41) is 0. The zero-order chi connectivity index (χ0) is 13.6. The fourth-order valence-corrected chi connectivity index (χ4v) is 3.07. The van der Waals surface area contributed by atoms with Crippen LogP contribution in [-0.2, 0) is 19.5 Å². The van der Waals surface area contributed by atoms with Crippen molar-refractivity contribution in [3.8, 4) is 0 Å². The van der Waals surface area contributed by atoms with Gasteiger partial charge in [-0.2, -0.15) is 0 Å². The molecular formula is C12H21NO4S. The predicted molar refractivity (Wildman–Crippen MR) is 68.6 cm³/mol. The first-order chi connectivity index (χ1) is 8.18. The fourth-order valence-electron chi connectivity index (χ4n) is 2.13. The lowest BCUT2D eigenvalue weighted by Crippen LogP contribution is -2.46. The molecule has 18 heavy (non-hydrogen) atoms. The van der Waals surface area contributed by atoms with E-state index < -0.39 is 26.6 Å². The van der Waals surface area contributed by atoms with Crippen LogP contribution in [-0.4, -0.2) is 38.2 Å². The topological polar surface area (TPSA) is 64.6 Å². The van der Waals surface area contributed by atoms with Gasteiger partial charge in [-0.15, -0.1) is 0 Å². The first-order valence-corrected chi connectivity index (χ1v) is 7.65. The number of ether oxygens (including phenoxy) is 2. The molecule has 0 bridgehead atoms. The predicted octanol–water partition coefficient (Wildman–Crippen LogP) is 1.17. The molecule has 2 fully saturated rings. The third-order valence-electron chi connectivity index (χ3n) is 3.48. The lowest BCUT2D eigenvalue weighted by Gasteiger charge is -2.25. The summed E-state index contributed by atoms with van der Waals surface area (Å²) in [5.41, 5.74) is 0.688. The Morgan fingerprint density at radius 2 is 2.06 bits per heavy atom. The molecule has 0 aromatic carbocycles. The van der Waals surface area contributed by atoms with Crippen molar-refractivity contribution in [2.24, 2.45) is 0 Å². The number of hydrogen-bond acceptors (Lipinski definition) is 4. The summed E-state index contributed by atoms with van der Waals surface area (Å²) in [4.78, 5) is 0. The van der Waals surface area contributed by atoms with Gasteiger partial charge < -0.3 is 9.47 Å². The molecule has 104 valence electrons. The van der Waals surface area contributed by atoms with Crippen molar-refractivity contribution in [1.82, 2.24) is 4.72 Å². The second-order valence-electron chi connectivity index (χ2n) is 5.83. The molecule has 2 saturated heterocycles. The second-order valence-corrected chi connectivity index (χ2v) is 8.29. The van der Waals surface area contributed by atoms with E-state index in [9.17, 15) is 8.42 Å². The average Bonchev–Trinajstić information content (AvgIpc) is 2.80. The van der Waals surface area contributed by atoms with Crippen LogP contribution < -0.4 is 4.72 Å². The van der Waals surface area contributed by atoms with E-state index >= 15 is 0 Å². The number of rotatable bonds is 2. The first-order valence-electron chi connectivity index (χ1n) is 6.17. The SMILES string of the molecule is C=C1[C@H](NS(=O)(=O)C(C)(C)C)CO[C@]12CCCO2. The maximum atomic E-state index is 12.1. The minimum Gasteiger partial charge on any atom is -0.346 e. The molecule has 2 rings (SSSR count). The second kappa shape index (κ2) is 4.30. The van der Waals surface area contributed by atoms with Crippen LogP contribution in [0.4, 0.5) is 0 Å². The van der Waals surface area contributed by atoms with E-state index in [4.69, 9.17) is 9.47 Å². The Labute approximate surface area is 109 Å². The lowest BCUT2D eigenvalue weighted by molar-refractivity contribution is -0.157. The Kier molecular flexibility index (Phi) is 3.34. The van der Waals surface area contributed by atoms with Crippen LogP contribution in [0.3, 0.4) is 0 Å². The average molecular weight is 275 g/mol. The number of sulfonamides is 1. The van der Waals surface area contributed by atoms with Crippen molar-refractivity contribution in [1.29, 1.82) is 0 Å². The highest BCUT2D eigenvalue weighted by molar-refractivity contribution is 7.90. The van der Waals surface area contributed by atoms with Crippen LogP contribution in [0.5, 0.6) is 0 Å². The third-order valence-corrected chi connectivity index (χ3v) is 5.69.